The van der Waals surface area contributed by atoms with E-state index in [1.807, 2.05) is 42.5 Å². The average Bonchev–Trinajstić information content (AvgIpc) is 2.86. The third kappa shape index (κ3) is 2.31. The molecule has 24 heavy (non-hydrogen) atoms. The zero-order valence-corrected chi connectivity index (χ0v) is 13.2. The van der Waals surface area contributed by atoms with E-state index in [9.17, 15) is 9.59 Å². The topological polar surface area (TPSA) is 63.4 Å². The molecule has 1 saturated heterocycles. The molecule has 120 valence electrons. The first-order valence-electron chi connectivity index (χ1n) is 8.13. The van der Waals surface area contributed by atoms with Crippen molar-refractivity contribution in [3.63, 3.8) is 0 Å². The van der Waals surface area contributed by atoms with Gasteiger partial charge in [0.15, 0.2) is 0 Å². The Bertz CT molecular complexity index is 842. The van der Waals surface area contributed by atoms with Crippen LogP contribution in [-0.4, -0.2) is 11.8 Å². The van der Waals surface area contributed by atoms with E-state index >= 15 is 0 Å². The average molecular weight is 318 g/mol. The second-order valence-electron chi connectivity index (χ2n) is 6.36. The molecule has 0 bridgehead atoms. The summed E-state index contributed by atoms with van der Waals surface area (Å²) in [6, 6.07) is 16.8. The zero-order valence-electron chi connectivity index (χ0n) is 13.2. The molecule has 1 fully saturated rings. The Labute approximate surface area is 140 Å². The Morgan fingerprint density at radius 3 is 2.42 bits per heavy atom. The van der Waals surface area contributed by atoms with E-state index in [4.69, 9.17) is 5.73 Å². The van der Waals surface area contributed by atoms with Crippen LogP contribution < -0.4 is 10.6 Å². The molecule has 2 atom stereocenters. The molecule has 2 amide bonds. The first kappa shape index (κ1) is 14.7. The lowest BCUT2D eigenvalue weighted by Crippen LogP contribution is -2.30. The van der Waals surface area contributed by atoms with E-state index in [0.29, 0.717) is 24.2 Å². The molecule has 1 aliphatic heterocycles. The first-order valence-corrected chi connectivity index (χ1v) is 8.13. The van der Waals surface area contributed by atoms with Crippen LogP contribution in [0, 0.1) is 11.8 Å². The predicted molar refractivity (Wildman–Crippen MR) is 94.0 cm³/mol. The van der Waals surface area contributed by atoms with Crippen molar-refractivity contribution in [2.45, 2.75) is 12.8 Å². The highest BCUT2D eigenvalue weighted by Gasteiger charge is 2.49. The minimum atomic E-state index is -0.279. The monoisotopic (exact) mass is 318 g/mol. The third-order valence-corrected chi connectivity index (χ3v) is 4.89. The quantitative estimate of drug-likeness (QED) is 0.683. The van der Waals surface area contributed by atoms with Crippen LogP contribution in [-0.2, 0) is 9.59 Å². The molecule has 4 heteroatoms. The van der Waals surface area contributed by atoms with Gasteiger partial charge in [0.2, 0.25) is 11.8 Å². The summed E-state index contributed by atoms with van der Waals surface area (Å²) in [5.41, 5.74) is 9.36. The third-order valence-electron chi connectivity index (χ3n) is 4.89. The summed E-state index contributed by atoms with van der Waals surface area (Å²) < 4.78 is 0. The Kier molecular flexibility index (Phi) is 3.45. The highest BCUT2D eigenvalue weighted by Crippen LogP contribution is 2.42. The van der Waals surface area contributed by atoms with Crippen molar-refractivity contribution in [3.8, 4) is 0 Å². The molecule has 2 aromatic rings. The molecule has 2 unspecified atom stereocenters. The van der Waals surface area contributed by atoms with Crippen molar-refractivity contribution in [1.82, 2.24) is 0 Å². The minimum Gasteiger partial charge on any atom is -0.399 e. The predicted octanol–water partition coefficient (Wildman–Crippen LogP) is 3.25. The maximum absolute atomic E-state index is 12.8. The second-order valence-corrected chi connectivity index (χ2v) is 6.36. The van der Waals surface area contributed by atoms with Crippen LogP contribution in [0.1, 0.15) is 18.4 Å². The summed E-state index contributed by atoms with van der Waals surface area (Å²) >= 11 is 0. The van der Waals surface area contributed by atoms with Gasteiger partial charge in [-0.05, 0) is 48.2 Å². The molecule has 0 radical (unpaired) electrons. The molecule has 0 aromatic heterocycles. The summed E-state index contributed by atoms with van der Waals surface area (Å²) in [7, 11) is 0. The number of amides is 2. The van der Waals surface area contributed by atoms with Gasteiger partial charge in [-0.2, -0.15) is 0 Å². The molecule has 4 nitrogen and oxygen atoms in total. The number of carbonyl (C=O) groups is 2. The van der Waals surface area contributed by atoms with Crippen LogP contribution in [0.15, 0.2) is 60.7 Å². The number of fused-ring (bicyclic) bond motifs is 1. The van der Waals surface area contributed by atoms with Crippen LogP contribution in [0.4, 0.5) is 11.4 Å². The number of anilines is 2. The van der Waals surface area contributed by atoms with Gasteiger partial charge in [-0.15, -0.1) is 0 Å². The minimum absolute atomic E-state index is 0.0842. The van der Waals surface area contributed by atoms with Crippen molar-refractivity contribution >= 4 is 28.8 Å². The Hall–Kier alpha value is -2.88. The van der Waals surface area contributed by atoms with E-state index in [0.717, 1.165) is 11.1 Å². The molecule has 2 aliphatic rings. The maximum atomic E-state index is 12.8. The Balaban J connectivity index is 1.64. The van der Waals surface area contributed by atoms with Crippen LogP contribution in [0.2, 0.25) is 0 Å². The van der Waals surface area contributed by atoms with E-state index in [1.54, 1.807) is 12.1 Å². The Morgan fingerprint density at radius 2 is 1.67 bits per heavy atom. The van der Waals surface area contributed by atoms with Gasteiger partial charge in [-0.1, -0.05) is 36.4 Å². The van der Waals surface area contributed by atoms with Gasteiger partial charge in [0.1, 0.15) is 0 Å². The van der Waals surface area contributed by atoms with Gasteiger partial charge < -0.3 is 5.73 Å². The summed E-state index contributed by atoms with van der Waals surface area (Å²) in [5.74, 6) is -0.702. The van der Waals surface area contributed by atoms with Gasteiger partial charge in [-0.3, -0.25) is 14.5 Å². The Morgan fingerprint density at radius 1 is 0.917 bits per heavy atom. The van der Waals surface area contributed by atoms with Gasteiger partial charge >= 0.3 is 0 Å². The van der Waals surface area contributed by atoms with Gasteiger partial charge in [0.25, 0.3) is 0 Å². The number of nitrogens with two attached hydrogens (primary N) is 1. The smallest absolute Gasteiger partial charge is 0.238 e. The number of imide groups is 1. The van der Waals surface area contributed by atoms with Crippen molar-refractivity contribution in [2.75, 3.05) is 10.6 Å². The summed E-state index contributed by atoms with van der Waals surface area (Å²) in [5, 5.41) is 0. The van der Waals surface area contributed by atoms with E-state index < -0.39 is 0 Å². The number of benzene rings is 2. The van der Waals surface area contributed by atoms with Crippen molar-refractivity contribution < 1.29 is 9.59 Å². The number of hydrogen-bond acceptors (Lipinski definition) is 3. The zero-order chi connectivity index (χ0) is 16.7. The maximum Gasteiger partial charge on any atom is 0.238 e. The van der Waals surface area contributed by atoms with E-state index in [-0.39, 0.29) is 23.7 Å². The largest absolute Gasteiger partial charge is 0.399 e. The van der Waals surface area contributed by atoms with Crippen molar-refractivity contribution in [1.29, 1.82) is 0 Å². The summed E-state index contributed by atoms with van der Waals surface area (Å²) in [6.45, 7) is 0. The molecule has 1 aliphatic carbocycles. The number of nitrogen functional groups attached to an aromatic ring is 1. The standard InChI is InChI=1S/C20H18N2O2/c21-15-6-4-5-13(11-15)14-9-10-17-18(12-14)20(24)22(19(17)23)16-7-2-1-3-8-16/h1-9,11,17-18H,10,12,21H2. The number of para-hydroxylation sites is 1. The molecule has 2 aromatic carbocycles. The molecule has 4 rings (SSSR count). The fourth-order valence-electron chi connectivity index (χ4n) is 3.67. The van der Waals surface area contributed by atoms with Crippen LogP contribution in [0.25, 0.3) is 5.57 Å². The first-order chi connectivity index (χ1) is 11.6. The normalized spacial score (nSPS) is 23.2. The lowest BCUT2D eigenvalue weighted by Gasteiger charge is -2.22. The number of hydrogen-bond donors (Lipinski definition) is 1. The molecular weight excluding hydrogens is 300 g/mol. The van der Waals surface area contributed by atoms with Crippen molar-refractivity contribution in [2.24, 2.45) is 11.8 Å². The molecular formula is C20H18N2O2. The molecule has 0 spiro atoms. The fourth-order valence-corrected chi connectivity index (χ4v) is 3.67. The van der Waals surface area contributed by atoms with E-state index in [1.165, 1.54) is 4.90 Å². The molecule has 0 saturated carbocycles. The molecule has 1 heterocycles. The van der Waals surface area contributed by atoms with Crippen molar-refractivity contribution in [3.05, 3.63) is 66.2 Å². The lowest BCUT2D eigenvalue weighted by atomic mass is 9.79. The summed E-state index contributed by atoms with van der Waals surface area (Å²) in [4.78, 5) is 26.9. The molecule has 2 N–H and O–H groups in total. The van der Waals surface area contributed by atoms with Gasteiger partial charge in [0, 0.05) is 5.69 Å². The SMILES string of the molecule is Nc1cccc(C2=CCC3C(=O)N(c4ccccc4)C(=O)C3C2)c1. The van der Waals surface area contributed by atoms with Crippen LogP contribution in [0.5, 0.6) is 0 Å². The summed E-state index contributed by atoms with van der Waals surface area (Å²) in [6.07, 6.45) is 3.26. The number of rotatable bonds is 2. The van der Waals surface area contributed by atoms with Crippen LogP contribution in [0.3, 0.4) is 0 Å². The number of nitrogens with zero attached hydrogens (tertiary/aromatic N) is 1. The van der Waals surface area contributed by atoms with Crippen LogP contribution >= 0.6 is 0 Å². The second kappa shape index (κ2) is 5.64. The number of allylic oxidation sites excluding steroid dienone is 2. The lowest BCUT2D eigenvalue weighted by molar-refractivity contribution is -0.122. The van der Waals surface area contributed by atoms with Gasteiger partial charge in [-0.25, -0.2) is 0 Å². The number of carbonyl (C=O) groups excluding carboxylic acids is 2. The highest BCUT2D eigenvalue weighted by molar-refractivity contribution is 6.22. The van der Waals surface area contributed by atoms with E-state index in [2.05, 4.69) is 6.08 Å². The van der Waals surface area contributed by atoms with Gasteiger partial charge in [0.05, 0.1) is 17.5 Å². The fraction of sp³-hybridized carbons (Fsp3) is 0.200. The highest BCUT2D eigenvalue weighted by atomic mass is 16.2.